The maximum absolute atomic E-state index is 11.9. The van der Waals surface area contributed by atoms with Crippen molar-refractivity contribution in [1.82, 2.24) is 4.90 Å². The predicted octanol–water partition coefficient (Wildman–Crippen LogP) is 1.75. The Morgan fingerprint density at radius 3 is 2.18 bits per heavy atom. The summed E-state index contributed by atoms with van der Waals surface area (Å²) in [6.07, 6.45) is -3.64. The molecular weight excluding hydrogens is 155 g/mol. The molecule has 11 heavy (non-hydrogen) atoms. The van der Waals surface area contributed by atoms with Gasteiger partial charge in [-0.3, -0.25) is 0 Å². The Bertz CT molecular complexity index is 141. The van der Waals surface area contributed by atoms with E-state index in [1.165, 1.54) is 0 Å². The largest absolute Gasteiger partial charge is 0.392 e. The molecule has 0 aromatic rings. The van der Waals surface area contributed by atoms with Gasteiger partial charge >= 0.3 is 6.18 Å². The third kappa shape index (κ3) is 2.36. The van der Waals surface area contributed by atoms with E-state index < -0.39 is 12.1 Å². The molecule has 0 spiro atoms. The Hall–Kier alpha value is -0.250. The molecule has 1 aliphatic rings. The van der Waals surface area contributed by atoms with Gasteiger partial charge in [-0.25, -0.2) is 0 Å². The maximum Gasteiger partial charge on any atom is 0.392 e. The van der Waals surface area contributed by atoms with Crippen molar-refractivity contribution >= 4 is 0 Å². The second kappa shape index (κ2) is 2.66. The van der Waals surface area contributed by atoms with E-state index in [2.05, 4.69) is 0 Å². The normalized spacial score (nSPS) is 31.1. The molecule has 0 heterocycles. The molecule has 2 atom stereocenters. The second-order valence-corrected chi connectivity index (χ2v) is 3.41. The molecule has 2 unspecified atom stereocenters. The SMILES string of the molecule is CN(C)CC1CC1C(F)(F)F. The highest BCUT2D eigenvalue weighted by molar-refractivity contribution is 4.92. The molecule has 0 amide bonds. The molecule has 0 N–H and O–H groups in total. The molecule has 1 fully saturated rings. The summed E-state index contributed by atoms with van der Waals surface area (Å²) in [6.45, 7) is 0.560. The molecule has 0 aromatic heterocycles. The first-order valence-corrected chi connectivity index (χ1v) is 3.62. The van der Waals surface area contributed by atoms with Gasteiger partial charge in [0.1, 0.15) is 0 Å². The zero-order chi connectivity index (χ0) is 8.65. The molecular formula is C7H12F3N. The van der Waals surface area contributed by atoms with Crippen molar-refractivity contribution in [3.8, 4) is 0 Å². The summed E-state index contributed by atoms with van der Waals surface area (Å²) >= 11 is 0. The van der Waals surface area contributed by atoms with E-state index in [9.17, 15) is 13.2 Å². The number of halogens is 3. The van der Waals surface area contributed by atoms with Crippen molar-refractivity contribution < 1.29 is 13.2 Å². The summed E-state index contributed by atoms with van der Waals surface area (Å²) < 4.78 is 35.8. The van der Waals surface area contributed by atoms with E-state index in [1.807, 2.05) is 0 Å². The van der Waals surface area contributed by atoms with Gasteiger partial charge < -0.3 is 4.90 Å². The van der Waals surface area contributed by atoms with Crippen LogP contribution >= 0.6 is 0 Å². The highest BCUT2D eigenvalue weighted by Gasteiger charge is 2.55. The van der Waals surface area contributed by atoms with E-state index in [1.54, 1.807) is 19.0 Å². The summed E-state index contributed by atoms with van der Waals surface area (Å²) in [5.74, 6) is -1.17. The van der Waals surface area contributed by atoms with Crippen LogP contribution in [0, 0.1) is 11.8 Å². The Kier molecular flexibility index (Phi) is 2.14. The summed E-state index contributed by atoms with van der Waals surface area (Å²) in [7, 11) is 3.59. The Labute approximate surface area is 64.2 Å². The lowest BCUT2D eigenvalue weighted by Gasteiger charge is -2.09. The topological polar surface area (TPSA) is 3.24 Å². The number of rotatable bonds is 2. The average Bonchev–Trinajstić information content (AvgIpc) is 2.40. The Morgan fingerprint density at radius 2 is 1.91 bits per heavy atom. The highest BCUT2D eigenvalue weighted by atomic mass is 19.4. The predicted molar refractivity (Wildman–Crippen MR) is 36.2 cm³/mol. The van der Waals surface area contributed by atoms with E-state index in [4.69, 9.17) is 0 Å². The van der Waals surface area contributed by atoms with Crippen LogP contribution in [0.15, 0.2) is 0 Å². The van der Waals surface area contributed by atoms with Crippen molar-refractivity contribution in [1.29, 1.82) is 0 Å². The molecule has 66 valence electrons. The summed E-state index contributed by atoms with van der Waals surface area (Å²) in [6, 6.07) is 0. The maximum atomic E-state index is 11.9. The van der Waals surface area contributed by atoms with Crippen molar-refractivity contribution in [2.75, 3.05) is 20.6 Å². The van der Waals surface area contributed by atoms with Crippen LogP contribution in [0.4, 0.5) is 13.2 Å². The third-order valence-electron chi connectivity index (χ3n) is 1.94. The summed E-state index contributed by atoms with van der Waals surface area (Å²) in [5.41, 5.74) is 0. The highest BCUT2D eigenvalue weighted by Crippen LogP contribution is 2.49. The fraction of sp³-hybridized carbons (Fsp3) is 1.00. The van der Waals surface area contributed by atoms with Crippen molar-refractivity contribution in [2.45, 2.75) is 12.6 Å². The lowest BCUT2D eigenvalue weighted by atomic mass is 10.3. The van der Waals surface area contributed by atoms with Crippen LogP contribution in [0.5, 0.6) is 0 Å². The lowest BCUT2D eigenvalue weighted by Crippen LogP contribution is -2.19. The monoisotopic (exact) mass is 167 g/mol. The van der Waals surface area contributed by atoms with E-state index in [0.717, 1.165) is 0 Å². The molecule has 0 aliphatic heterocycles. The zero-order valence-corrected chi connectivity index (χ0v) is 6.65. The smallest absolute Gasteiger partial charge is 0.309 e. The van der Waals surface area contributed by atoms with Gasteiger partial charge in [0.05, 0.1) is 5.92 Å². The molecule has 0 saturated heterocycles. The fourth-order valence-corrected chi connectivity index (χ4v) is 1.32. The lowest BCUT2D eigenvalue weighted by molar-refractivity contribution is -0.151. The quantitative estimate of drug-likeness (QED) is 0.605. The van der Waals surface area contributed by atoms with Crippen LogP contribution < -0.4 is 0 Å². The number of alkyl halides is 3. The molecule has 0 radical (unpaired) electrons. The molecule has 1 aliphatic carbocycles. The Morgan fingerprint density at radius 1 is 1.36 bits per heavy atom. The van der Waals surface area contributed by atoms with Gasteiger partial charge in [0.15, 0.2) is 0 Å². The standard InChI is InChI=1S/C7H12F3N/c1-11(2)4-5-3-6(5)7(8,9)10/h5-6H,3-4H2,1-2H3. The minimum Gasteiger partial charge on any atom is -0.309 e. The van der Waals surface area contributed by atoms with Crippen molar-refractivity contribution in [3.05, 3.63) is 0 Å². The van der Waals surface area contributed by atoms with E-state index >= 15 is 0 Å². The van der Waals surface area contributed by atoms with E-state index in [-0.39, 0.29) is 5.92 Å². The van der Waals surface area contributed by atoms with Gasteiger partial charge in [0, 0.05) is 6.54 Å². The van der Waals surface area contributed by atoms with Crippen LogP contribution in [-0.2, 0) is 0 Å². The summed E-state index contributed by atoms with van der Waals surface area (Å²) in [4.78, 5) is 1.80. The van der Waals surface area contributed by atoms with Gasteiger partial charge in [-0.15, -0.1) is 0 Å². The number of hydrogen-bond acceptors (Lipinski definition) is 1. The Balaban J connectivity index is 2.27. The van der Waals surface area contributed by atoms with E-state index in [0.29, 0.717) is 13.0 Å². The first-order valence-electron chi connectivity index (χ1n) is 3.62. The first kappa shape index (κ1) is 8.84. The molecule has 4 heteroatoms. The molecule has 1 rings (SSSR count). The molecule has 1 saturated carbocycles. The minimum atomic E-state index is -3.96. The van der Waals surface area contributed by atoms with Crippen LogP contribution in [0.1, 0.15) is 6.42 Å². The van der Waals surface area contributed by atoms with Crippen molar-refractivity contribution in [3.63, 3.8) is 0 Å². The number of hydrogen-bond donors (Lipinski definition) is 0. The van der Waals surface area contributed by atoms with Gasteiger partial charge in [-0.2, -0.15) is 13.2 Å². The molecule has 1 nitrogen and oxygen atoms in total. The van der Waals surface area contributed by atoms with Crippen molar-refractivity contribution in [2.24, 2.45) is 11.8 Å². The second-order valence-electron chi connectivity index (χ2n) is 3.41. The number of nitrogens with zero attached hydrogens (tertiary/aromatic N) is 1. The zero-order valence-electron chi connectivity index (χ0n) is 6.65. The molecule has 0 bridgehead atoms. The van der Waals surface area contributed by atoms with Gasteiger partial charge in [0.25, 0.3) is 0 Å². The first-order chi connectivity index (χ1) is 4.91. The van der Waals surface area contributed by atoms with Gasteiger partial charge in [-0.1, -0.05) is 0 Å². The van der Waals surface area contributed by atoms with Crippen LogP contribution in [0.2, 0.25) is 0 Å². The van der Waals surface area contributed by atoms with Gasteiger partial charge in [0.2, 0.25) is 0 Å². The van der Waals surface area contributed by atoms with Gasteiger partial charge in [-0.05, 0) is 26.4 Å². The van der Waals surface area contributed by atoms with Crippen LogP contribution in [-0.4, -0.2) is 31.7 Å². The van der Waals surface area contributed by atoms with Crippen LogP contribution in [0.25, 0.3) is 0 Å². The minimum absolute atomic E-state index is 0.148. The third-order valence-corrected chi connectivity index (χ3v) is 1.94. The molecule has 0 aromatic carbocycles. The van der Waals surface area contributed by atoms with Crippen LogP contribution in [0.3, 0.4) is 0 Å². The summed E-state index contributed by atoms with van der Waals surface area (Å²) in [5, 5.41) is 0. The average molecular weight is 167 g/mol. The fourth-order valence-electron chi connectivity index (χ4n) is 1.32.